The zero-order valence-electron chi connectivity index (χ0n) is 16.3. The Bertz CT molecular complexity index is 1090. The number of rotatable bonds is 6. The predicted molar refractivity (Wildman–Crippen MR) is 132 cm³/mol. The normalized spacial score (nSPS) is 11.6. The van der Waals surface area contributed by atoms with Gasteiger partial charge in [0.15, 0.2) is 0 Å². The lowest BCUT2D eigenvalue weighted by atomic mass is 10.1. The van der Waals surface area contributed by atoms with E-state index in [1.54, 1.807) is 36.4 Å². The Labute approximate surface area is 198 Å². The summed E-state index contributed by atoms with van der Waals surface area (Å²) >= 11 is 9.60. The highest BCUT2D eigenvalue weighted by Crippen LogP contribution is 2.39. The summed E-state index contributed by atoms with van der Waals surface area (Å²) in [7, 11) is 0. The maximum Gasteiger partial charge on any atom is 0.308 e. The SMILES string of the molecule is CC(=O)Oc1ccc(C(I)=C(Sc2ccc(C)cc2)C(=O)c2ccc(Cl)cc2)cc1. The highest BCUT2D eigenvalue weighted by Gasteiger charge is 2.19. The van der Waals surface area contributed by atoms with Crippen molar-refractivity contribution in [1.29, 1.82) is 0 Å². The van der Waals surface area contributed by atoms with Gasteiger partial charge in [-0.3, -0.25) is 9.59 Å². The van der Waals surface area contributed by atoms with Crippen molar-refractivity contribution < 1.29 is 14.3 Å². The first-order valence-electron chi connectivity index (χ1n) is 9.07. The van der Waals surface area contributed by atoms with Crippen LogP contribution in [-0.4, -0.2) is 11.8 Å². The van der Waals surface area contributed by atoms with Crippen LogP contribution in [0.25, 0.3) is 3.58 Å². The fourth-order valence-corrected chi connectivity index (χ4v) is 4.60. The van der Waals surface area contributed by atoms with E-state index < -0.39 is 0 Å². The second-order valence-electron chi connectivity index (χ2n) is 6.51. The Kier molecular flexibility index (Phi) is 7.75. The number of hydrogen-bond donors (Lipinski definition) is 0. The Hall–Kier alpha value is -2.09. The third-order valence-electron chi connectivity index (χ3n) is 4.12. The number of carbonyl (C=O) groups excluding carboxylic acids is 2. The number of aryl methyl sites for hydroxylation is 1. The van der Waals surface area contributed by atoms with Crippen molar-refractivity contribution in [1.82, 2.24) is 0 Å². The molecule has 0 bridgehead atoms. The fourth-order valence-electron chi connectivity index (χ4n) is 2.61. The van der Waals surface area contributed by atoms with Crippen molar-refractivity contribution in [2.45, 2.75) is 18.7 Å². The van der Waals surface area contributed by atoms with Crippen molar-refractivity contribution in [3.63, 3.8) is 0 Å². The van der Waals surface area contributed by atoms with E-state index in [9.17, 15) is 9.59 Å². The minimum atomic E-state index is -0.374. The van der Waals surface area contributed by atoms with Gasteiger partial charge in [-0.2, -0.15) is 0 Å². The van der Waals surface area contributed by atoms with Crippen molar-refractivity contribution in [3.8, 4) is 5.75 Å². The monoisotopic (exact) mass is 548 g/mol. The van der Waals surface area contributed by atoms with E-state index >= 15 is 0 Å². The lowest BCUT2D eigenvalue weighted by molar-refractivity contribution is -0.131. The Balaban J connectivity index is 2.01. The molecule has 0 radical (unpaired) electrons. The van der Waals surface area contributed by atoms with Gasteiger partial charge >= 0.3 is 5.97 Å². The summed E-state index contributed by atoms with van der Waals surface area (Å²) < 4.78 is 5.91. The summed E-state index contributed by atoms with van der Waals surface area (Å²) in [5.74, 6) is 0.0134. The lowest BCUT2D eigenvalue weighted by Crippen LogP contribution is -2.03. The fraction of sp³-hybridized carbons (Fsp3) is 0.0833. The van der Waals surface area contributed by atoms with Gasteiger partial charge in [-0.05, 0) is 83.6 Å². The highest BCUT2D eigenvalue weighted by atomic mass is 127. The van der Waals surface area contributed by atoms with Gasteiger partial charge in [-0.25, -0.2) is 0 Å². The summed E-state index contributed by atoms with van der Waals surface area (Å²) in [6.07, 6.45) is 0. The van der Waals surface area contributed by atoms with Gasteiger partial charge in [0.1, 0.15) is 5.75 Å². The van der Waals surface area contributed by atoms with E-state index in [0.717, 1.165) is 19.6 Å². The lowest BCUT2D eigenvalue weighted by Gasteiger charge is -2.12. The molecule has 0 amide bonds. The van der Waals surface area contributed by atoms with E-state index in [2.05, 4.69) is 22.6 Å². The molecule has 3 aromatic rings. The standard InChI is InChI=1S/C24H18ClIO3S/c1-15-3-13-21(14-4-15)30-24(23(28)18-5-9-19(25)10-6-18)22(26)17-7-11-20(12-8-17)29-16(2)27/h3-14H,1-2H3. The first-order chi connectivity index (χ1) is 14.3. The molecule has 0 saturated heterocycles. The minimum Gasteiger partial charge on any atom is -0.427 e. The maximum absolute atomic E-state index is 13.4. The molecule has 0 fully saturated rings. The van der Waals surface area contributed by atoms with Crippen LogP contribution in [0.1, 0.15) is 28.4 Å². The molecule has 0 aliphatic heterocycles. The van der Waals surface area contributed by atoms with Gasteiger partial charge < -0.3 is 4.74 Å². The van der Waals surface area contributed by atoms with Gasteiger partial charge in [-0.15, -0.1) is 0 Å². The number of carbonyl (C=O) groups is 2. The molecule has 6 heteroatoms. The van der Waals surface area contributed by atoms with Crippen LogP contribution in [0.5, 0.6) is 5.75 Å². The number of hydrogen-bond acceptors (Lipinski definition) is 4. The van der Waals surface area contributed by atoms with Crippen molar-refractivity contribution >= 4 is 61.3 Å². The summed E-state index contributed by atoms with van der Waals surface area (Å²) in [5, 5.41) is 0.582. The first-order valence-corrected chi connectivity index (χ1v) is 11.3. The largest absolute Gasteiger partial charge is 0.427 e. The molecule has 0 aliphatic carbocycles. The average Bonchev–Trinajstić information content (AvgIpc) is 2.73. The third-order valence-corrected chi connectivity index (χ3v) is 7.00. The topological polar surface area (TPSA) is 43.4 Å². The zero-order chi connectivity index (χ0) is 21.7. The van der Waals surface area contributed by atoms with Crippen LogP contribution in [-0.2, 0) is 4.79 Å². The van der Waals surface area contributed by atoms with Crippen LogP contribution in [0.4, 0.5) is 0 Å². The Morgan fingerprint density at radius 2 is 1.43 bits per heavy atom. The Morgan fingerprint density at radius 1 is 0.867 bits per heavy atom. The average molecular weight is 549 g/mol. The van der Waals surface area contributed by atoms with E-state index in [-0.39, 0.29) is 11.8 Å². The number of esters is 1. The van der Waals surface area contributed by atoms with E-state index in [4.69, 9.17) is 16.3 Å². The second kappa shape index (κ2) is 10.3. The molecular formula is C24H18ClIO3S. The third kappa shape index (κ3) is 5.97. The molecule has 3 aromatic carbocycles. The van der Waals surface area contributed by atoms with Crippen LogP contribution >= 0.6 is 46.0 Å². The molecule has 0 aliphatic rings. The van der Waals surface area contributed by atoms with E-state index in [1.807, 2.05) is 43.3 Å². The van der Waals surface area contributed by atoms with E-state index in [0.29, 0.717) is 21.2 Å². The number of allylic oxidation sites excluding steroid dienone is 1. The Morgan fingerprint density at radius 3 is 2.00 bits per heavy atom. The first kappa shape index (κ1) is 22.6. The van der Waals surface area contributed by atoms with Crippen molar-refractivity contribution in [3.05, 3.63) is 99.4 Å². The maximum atomic E-state index is 13.4. The number of halogens is 2. The summed E-state index contributed by atoms with van der Waals surface area (Å²) in [6, 6.07) is 22.0. The number of benzene rings is 3. The number of thioether (sulfide) groups is 1. The van der Waals surface area contributed by atoms with Crippen LogP contribution < -0.4 is 4.74 Å². The highest BCUT2D eigenvalue weighted by molar-refractivity contribution is 14.1. The summed E-state index contributed by atoms with van der Waals surface area (Å²) in [5.41, 5.74) is 2.59. The van der Waals surface area contributed by atoms with Crippen molar-refractivity contribution in [2.24, 2.45) is 0 Å². The van der Waals surface area contributed by atoms with Gasteiger partial charge in [0.25, 0.3) is 0 Å². The molecule has 0 spiro atoms. The smallest absolute Gasteiger partial charge is 0.308 e. The number of Topliss-reactive ketones (excluding diaryl/α,β-unsaturated/α-hetero) is 1. The molecule has 0 N–H and O–H groups in total. The number of ketones is 1. The van der Waals surface area contributed by atoms with Gasteiger partial charge in [0.05, 0.1) is 4.91 Å². The molecule has 0 saturated carbocycles. The van der Waals surface area contributed by atoms with Gasteiger partial charge in [0, 0.05) is 26.0 Å². The van der Waals surface area contributed by atoms with Crippen LogP contribution in [0, 0.1) is 6.92 Å². The van der Waals surface area contributed by atoms with Crippen molar-refractivity contribution in [2.75, 3.05) is 0 Å². The summed E-state index contributed by atoms with van der Waals surface area (Å²) in [6.45, 7) is 3.39. The van der Waals surface area contributed by atoms with Gasteiger partial charge in [0.2, 0.25) is 5.78 Å². The zero-order valence-corrected chi connectivity index (χ0v) is 20.0. The molecule has 152 valence electrons. The molecule has 3 rings (SSSR count). The molecule has 0 aromatic heterocycles. The van der Waals surface area contributed by atoms with Crippen LogP contribution in [0.3, 0.4) is 0 Å². The quantitative estimate of drug-likeness (QED) is 0.0806. The van der Waals surface area contributed by atoms with E-state index in [1.165, 1.54) is 18.7 Å². The van der Waals surface area contributed by atoms with Crippen LogP contribution in [0.2, 0.25) is 5.02 Å². The predicted octanol–water partition coefficient (Wildman–Crippen LogP) is 7.35. The minimum absolute atomic E-state index is 0.0781. The summed E-state index contributed by atoms with van der Waals surface area (Å²) in [4.78, 5) is 26.1. The second-order valence-corrected chi connectivity index (χ2v) is 9.11. The molecule has 0 unspecified atom stereocenters. The molecular weight excluding hydrogens is 531 g/mol. The molecule has 0 heterocycles. The van der Waals surface area contributed by atoms with Gasteiger partial charge in [-0.1, -0.05) is 53.2 Å². The molecule has 30 heavy (non-hydrogen) atoms. The van der Waals surface area contributed by atoms with Crippen LogP contribution in [0.15, 0.2) is 82.6 Å². The molecule has 3 nitrogen and oxygen atoms in total. The number of ether oxygens (including phenoxy) is 1. The molecule has 0 atom stereocenters.